The lowest BCUT2D eigenvalue weighted by Crippen LogP contribution is -2.38. The Labute approximate surface area is 219 Å². The Morgan fingerprint density at radius 3 is 2.73 bits per heavy atom. The number of para-hydroxylation sites is 2. The number of urea groups is 1. The average Bonchev–Trinajstić information content (AvgIpc) is 3.25. The summed E-state index contributed by atoms with van der Waals surface area (Å²) < 4.78 is 13.0. The van der Waals surface area contributed by atoms with Crippen molar-refractivity contribution in [3.05, 3.63) is 78.1 Å². The van der Waals surface area contributed by atoms with Crippen molar-refractivity contribution in [1.29, 1.82) is 0 Å². The van der Waals surface area contributed by atoms with Crippen molar-refractivity contribution >= 4 is 11.7 Å². The maximum Gasteiger partial charge on any atom is 0.322 e. The first-order valence-electron chi connectivity index (χ1n) is 12.7. The number of anilines is 1. The van der Waals surface area contributed by atoms with Gasteiger partial charge in [0.05, 0.1) is 32.2 Å². The minimum absolute atomic E-state index is 0.165. The van der Waals surface area contributed by atoms with Crippen molar-refractivity contribution in [1.82, 2.24) is 19.6 Å². The topological polar surface area (TPSA) is 71.9 Å². The van der Waals surface area contributed by atoms with E-state index in [-0.39, 0.29) is 6.03 Å². The fourth-order valence-corrected chi connectivity index (χ4v) is 4.76. The molecule has 0 saturated carbocycles. The monoisotopic (exact) mass is 503 g/mol. The summed E-state index contributed by atoms with van der Waals surface area (Å²) in [6.45, 7) is 11.6. The number of benzene rings is 2. The smallest absolute Gasteiger partial charge is 0.322 e. The van der Waals surface area contributed by atoms with Gasteiger partial charge in [-0.15, -0.1) is 6.58 Å². The van der Waals surface area contributed by atoms with E-state index in [2.05, 4.69) is 30.6 Å². The highest BCUT2D eigenvalue weighted by Gasteiger charge is 2.28. The van der Waals surface area contributed by atoms with Crippen LogP contribution in [-0.2, 0) is 19.5 Å². The third-order valence-corrected chi connectivity index (χ3v) is 6.45. The molecule has 0 unspecified atom stereocenters. The number of carbonyl (C=O) groups excluding carboxylic acids is 1. The molecule has 3 aromatic rings. The number of rotatable bonds is 10. The molecule has 196 valence electrons. The molecule has 4 rings (SSSR count). The second-order valence-corrected chi connectivity index (χ2v) is 9.67. The Bertz CT molecular complexity index is 1240. The summed E-state index contributed by atoms with van der Waals surface area (Å²) in [5, 5.41) is 8.11. The summed E-state index contributed by atoms with van der Waals surface area (Å²) in [7, 11) is 3.29. The van der Waals surface area contributed by atoms with Crippen molar-refractivity contribution in [3.8, 4) is 17.2 Å². The highest BCUT2D eigenvalue weighted by molar-refractivity contribution is 5.89. The van der Waals surface area contributed by atoms with Crippen LogP contribution < -0.4 is 14.8 Å². The number of ether oxygens (including phenoxy) is 2. The van der Waals surface area contributed by atoms with Gasteiger partial charge in [0.2, 0.25) is 0 Å². The molecule has 37 heavy (non-hydrogen) atoms. The van der Waals surface area contributed by atoms with E-state index in [1.807, 2.05) is 64.2 Å². The normalized spacial score (nSPS) is 13.2. The Morgan fingerprint density at radius 2 is 2.00 bits per heavy atom. The van der Waals surface area contributed by atoms with Gasteiger partial charge in [-0.05, 0) is 30.2 Å². The number of nitrogens with one attached hydrogen (secondary N) is 1. The Hall–Kier alpha value is -3.78. The average molecular weight is 504 g/mol. The van der Waals surface area contributed by atoms with Crippen LogP contribution in [0.3, 0.4) is 0 Å². The first-order chi connectivity index (χ1) is 17.9. The quantitative estimate of drug-likeness (QED) is 0.389. The Morgan fingerprint density at radius 1 is 1.19 bits per heavy atom. The minimum atomic E-state index is -0.165. The highest BCUT2D eigenvalue weighted by atomic mass is 16.5. The summed E-state index contributed by atoms with van der Waals surface area (Å²) in [6.07, 6.45) is 2.79. The number of carbonyl (C=O) groups is 1. The molecular formula is C29H37N5O3. The zero-order chi connectivity index (χ0) is 26.4. The van der Waals surface area contributed by atoms with Crippen LogP contribution in [0, 0.1) is 5.92 Å². The molecule has 2 heterocycles. The number of aromatic nitrogens is 2. The van der Waals surface area contributed by atoms with E-state index < -0.39 is 0 Å². The van der Waals surface area contributed by atoms with Crippen LogP contribution in [0.1, 0.15) is 30.8 Å². The lowest BCUT2D eigenvalue weighted by molar-refractivity contribution is 0.200. The van der Waals surface area contributed by atoms with Gasteiger partial charge in [0, 0.05) is 49.9 Å². The maximum atomic E-state index is 13.5. The Balaban J connectivity index is 1.69. The van der Waals surface area contributed by atoms with Gasteiger partial charge in [0.1, 0.15) is 17.2 Å². The molecule has 0 bridgehead atoms. The largest absolute Gasteiger partial charge is 0.497 e. The highest BCUT2D eigenvalue weighted by Crippen LogP contribution is 2.30. The van der Waals surface area contributed by atoms with Gasteiger partial charge in [0.15, 0.2) is 0 Å². The van der Waals surface area contributed by atoms with Crippen LogP contribution in [0.25, 0.3) is 5.69 Å². The molecule has 1 N–H and O–H groups in total. The molecule has 8 heteroatoms. The number of methoxy groups -OCH3 is 2. The van der Waals surface area contributed by atoms with Crippen molar-refractivity contribution in [2.45, 2.75) is 33.4 Å². The van der Waals surface area contributed by atoms with Crippen molar-refractivity contribution in [2.24, 2.45) is 5.92 Å². The lowest BCUT2D eigenvalue weighted by atomic mass is 10.0. The van der Waals surface area contributed by atoms with Gasteiger partial charge in [-0.3, -0.25) is 4.90 Å². The first-order valence-corrected chi connectivity index (χ1v) is 12.7. The number of hydrogen-bond acceptors (Lipinski definition) is 5. The van der Waals surface area contributed by atoms with Crippen LogP contribution in [0.4, 0.5) is 10.5 Å². The predicted molar refractivity (Wildman–Crippen MR) is 147 cm³/mol. The summed E-state index contributed by atoms with van der Waals surface area (Å²) in [5.74, 6) is 1.75. The van der Waals surface area contributed by atoms with Crippen LogP contribution >= 0.6 is 0 Å². The second kappa shape index (κ2) is 12.0. The molecule has 1 aliphatic heterocycles. The minimum Gasteiger partial charge on any atom is -0.497 e. The van der Waals surface area contributed by atoms with Crippen molar-refractivity contribution < 1.29 is 14.3 Å². The number of nitrogens with zero attached hydrogens (tertiary/aromatic N) is 4. The first kappa shape index (κ1) is 26.3. The zero-order valence-corrected chi connectivity index (χ0v) is 22.2. The molecule has 2 amide bonds. The standard InChI is InChI=1S/C29H37N5O3/c1-6-15-32-16-14-26-24(19-32)25(31-34(26)27-12-7-8-13-28(27)37-5)20-33(18-21(2)3)29(35)30-22-10-9-11-23(17-22)36-4/h6-13,17,21H,1,14-16,18-20H2,2-5H3,(H,30,35). The number of fused-ring (bicyclic) bond motifs is 1. The maximum absolute atomic E-state index is 13.5. The Kier molecular flexibility index (Phi) is 8.50. The van der Waals surface area contributed by atoms with Gasteiger partial charge in [-0.25, -0.2) is 9.48 Å². The van der Waals surface area contributed by atoms with E-state index in [1.54, 1.807) is 14.2 Å². The van der Waals surface area contributed by atoms with E-state index in [9.17, 15) is 4.79 Å². The van der Waals surface area contributed by atoms with Gasteiger partial charge in [-0.2, -0.15) is 5.10 Å². The molecule has 1 aromatic heterocycles. The van der Waals surface area contributed by atoms with E-state index in [1.165, 1.54) is 5.56 Å². The van der Waals surface area contributed by atoms with Gasteiger partial charge >= 0.3 is 6.03 Å². The summed E-state index contributed by atoms with van der Waals surface area (Å²) in [6, 6.07) is 15.1. The van der Waals surface area contributed by atoms with E-state index >= 15 is 0 Å². The fourth-order valence-electron chi connectivity index (χ4n) is 4.76. The third-order valence-electron chi connectivity index (χ3n) is 6.45. The van der Waals surface area contributed by atoms with Crippen LogP contribution in [0.2, 0.25) is 0 Å². The zero-order valence-electron chi connectivity index (χ0n) is 22.2. The predicted octanol–water partition coefficient (Wildman–Crippen LogP) is 5.12. The second-order valence-electron chi connectivity index (χ2n) is 9.67. The molecule has 0 saturated heterocycles. The molecule has 0 fully saturated rings. The third kappa shape index (κ3) is 6.14. The van der Waals surface area contributed by atoms with Crippen molar-refractivity contribution in [2.75, 3.05) is 39.2 Å². The van der Waals surface area contributed by atoms with Gasteiger partial charge in [0.25, 0.3) is 0 Å². The van der Waals surface area contributed by atoms with Crippen LogP contribution in [0.15, 0.2) is 61.2 Å². The van der Waals surface area contributed by atoms with E-state index in [4.69, 9.17) is 14.6 Å². The van der Waals surface area contributed by atoms with Crippen molar-refractivity contribution in [3.63, 3.8) is 0 Å². The molecule has 0 radical (unpaired) electrons. The molecule has 1 aliphatic rings. The molecule has 0 atom stereocenters. The molecule has 8 nitrogen and oxygen atoms in total. The van der Waals surface area contributed by atoms with E-state index in [0.717, 1.165) is 48.9 Å². The summed E-state index contributed by atoms with van der Waals surface area (Å²) >= 11 is 0. The fraction of sp³-hybridized carbons (Fsp3) is 0.379. The molecule has 2 aromatic carbocycles. The summed E-state index contributed by atoms with van der Waals surface area (Å²) in [5.41, 5.74) is 4.83. The molecular weight excluding hydrogens is 466 g/mol. The molecule has 0 aliphatic carbocycles. The molecule has 0 spiro atoms. The number of hydrogen-bond donors (Lipinski definition) is 1. The summed E-state index contributed by atoms with van der Waals surface area (Å²) in [4.78, 5) is 17.7. The van der Waals surface area contributed by atoms with Crippen LogP contribution in [-0.4, -0.2) is 59.5 Å². The van der Waals surface area contributed by atoms with E-state index in [0.29, 0.717) is 30.4 Å². The lowest BCUT2D eigenvalue weighted by Gasteiger charge is -2.28. The number of amides is 2. The SMILES string of the molecule is C=CCN1CCc2c(c(CN(CC(C)C)C(=O)Nc3cccc(OC)c3)nn2-c2ccccc2OC)C1. The van der Waals surface area contributed by atoms with Crippen LogP contribution in [0.5, 0.6) is 11.5 Å². The van der Waals surface area contributed by atoms with Gasteiger partial charge < -0.3 is 19.7 Å². The van der Waals surface area contributed by atoms with Gasteiger partial charge in [-0.1, -0.05) is 38.1 Å².